The molecule has 0 aliphatic rings. The topological polar surface area (TPSA) is 17.1 Å². The zero-order valence-corrected chi connectivity index (χ0v) is 6.60. The van der Waals surface area contributed by atoms with Crippen molar-refractivity contribution in [3.8, 4) is 0 Å². The van der Waals surface area contributed by atoms with Crippen molar-refractivity contribution in [2.45, 2.75) is 4.90 Å². The molecule has 0 spiro atoms. The van der Waals surface area contributed by atoms with E-state index in [1.165, 1.54) is 23.6 Å². The normalized spacial score (nSPS) is 12.5. The molecule has 1 aromatic carbocycles. The molecule has 0 aliphatic carbocycles. The van der Waals surface area contributed by atoms with E-state index in [1.807, 2.05) is 0 Å². The SMILES string of the molecule is C=C[S@](=O)c1cccc(F)c1. The molecule has 0 amide bonds. The molecule has 0 bridgehead atoms. The summed E-state index contributed by atoms with van der Waals surface area (Å²) in [4.78, 5) is 0.444. The Balaban J connectivity index is 3.05. The van der Waals surface area contributed by atoms with Crippen LogP contribution in [0.15, 0.2) is 41.1 Å². The molecule has 1 rings (SSSR count). The summed E-state index contributed by atoms with van der Waals surface area (Å²) in [5.41, 5.74) is 0. The smallest absolute Gasteiger partial charge is 0.124 e. The van der Waals surface area contributed by atoms with Gasteiger partial charge in [-0.05, 0) is 18.2 Å². The fourth-order valence-corrected chi connectivity index (χ4v) is 1.32. The standard InChI is InChI=1S/C8H7FOS/c1-2-11(10)8-5-3-4-7(9)6-8/h2-6H,1H2/t11-/m0/s1. The van der Waals surface area contributed by atoms with E-state index in [-0.39, 0.29) is 5.82 Å². The second-order valence-corrected chi connectivity index (χ2v) is 3.32. The van der Waals surface area contributed by atoms with E-state index in [9.17, 15) is 8.60 Å². The van der Waals surface area contributed by atoms with Crippen LogP contribution >= 0.6 is 0 Å². The van der Waals surface area contributed by atoms with Crippen LogP contribution in [0.1, 0.15) is 0 Å². The first-order chi connectivity index (χ1) is 5.24. The molecule has 0 fully saturated rings. The third-order valence-electron chi connectivity index (χ3n) is 1.18. The molecule has 0 aliphatic heterocycles. The molecule has 1 aromatic rings. The van der Waals surface area contributed by atoms with E-state index in [0.717, 1.165) is 0 Å². The number of hydrogen-bond acceptors (Lipinski definition) is 1. The van der Waals surface area contributed by atoms with Crippen LogP contribution in [0, 0.1) is 5.82 Å². The van der Waals surface area contributed by atoms with Crippen molar-refractivity contribution in [3.05, 3.63) is 42.1 Å². The number of rotatable bonds is 2. The van der Waals surface area contributed by atoms with Gasteiger partial charge in [0.2, 0.25) is 0 Å². The van der Waals surface area contributed by atoms with Crippen molar-refractivity contribution in [2.75, 3.05) is 0 Å². The summed E-state index contributed by atoms with van der Waals surface area (Å²) in [6, 6.07) is 5.66. The fraction of sp³-hybridized carbons (Fsp3) is 0. The van der Waals surface area contributed by atoms with Crippen LogP contribution in [0.25, 0.3) is 0 Å². The van der Waals surface area contributed by atoms with Crippen LogP contribution in [-0.4, -0.2) is 4.21 Å². The van der Waals surface area contributed by atoms with Crippen molar-refractivity contribution in [1.82, 2.24) is 0 Å². The van der Waals surface area contributed by atoms with Crippen LogP contribution in [0.3, 0.4) is 0 Å². The predicted octanol–water partition coefficient (Wildman–Crippen LogP) is 2.08. The second-order valence-electron chi connectivity index (χ2n) is 1.92. The van der Waals surface area contributed by atoms with Gasteiger partial charge in [-0.1, -0.05) is 12.6 Å². The molecule has 0 saturated carbocycles. The summed E-state index contributed by atoms with van der Waals surface area (Å²) >= 11 is 0. The number of halogens is 1. The summed E-state index contributed by atoms with van der Waals surface area (Å²) in [6.45, 7) is 3.34. The Morgan fingerprint density at radius 2 is 2.27 bits per heavy atom. The summed E-state index contributed by atoms with van der Waals surface area (Å²) in [7, 11) is -1.28. The zero-order chi connectivity index (χ0) is 8.27. The van der Waals surface area contributed by atoms with Gasteiger partial charge in [0.05, 0.1) is 10.8 Å². The largest absolute Gasteiger partial charge is 0.250 e. The summed E-state index contributed by atoms with van der Waals surface area (Å²) < 4.78 is 23.5. The third-order valence-corrected chi connectivity index (χ3v) is 2.20. The van der Waals surface area contributed by atoms with Crippen LogP contribution in [0.4, 0.5) is 4.39 Å². The van der Waals surface area contributed by atoms with E-state index < -0.39 is 10.8 Å². The first-order valence-electron chi connectivity index (χ1n) is 3.03. The minimum absolute atomic E-state index is 0.377. The van der Waals surface area contributed by atoms with Gasteiger partial charge < -0.3 is 0 Å². The van der Waals surface area contributed by atoms with E-state index in [0.29, 0.717) is 4.90 Å². The minimum Gasteiger partial charge on any atom is -0.250 e. The Hall–Kier alpha value is -0.960. The van der Waals surface area contributed by atoms with Gasteiger partial charge in [0, 0.05) is 10.3 Å². The zero-order valence-electron chi connectivity index (χ0n) is 5.79. The molecule has 0 unspecified atom stereocenters. The number of hydrogen-bond donors (Lipinski definition) is 0. The lowest BCUT2D eigenvalue weighted by Crippen LogP contribution is -1.85. The van der Waals surface area contributed by atoms with Crippen molar-refractivity contribution < 1.29 is 8.60 Å². The molecule has 0 N–H and O–H groups in total. The van der Waals surface area contributed by atoms with Crippen molar-refractivity contribution in [1.29, 1.82) is 0 Å². The van der Waals surface area contributed by atoms with Gasteiger partial charge >= 0.3 is 0 Å². The third kappa shape index (κ3) is 1.98. The maximum absolute atomic E-state index is 12.5. The van der Waals surface area contributed by atoms with Crippen LogP contribution < -0.4 is 0 Å². The predicted molar refractivity (Wildman–Crippen MR) is 43.0 cm³/mol. The van der Waals surface area contributed by atoms with E-state index in [2.05, 4.69) is 6.58 Å². The Kier molecular flexibility index (Phi) is 2.54. The molecule has 58 valence electrons. The lowest BCUT2D eigenvalue weighted by atomic mass is 10.4. The van der Waals surface area contributed by atoms with Crippen molar-refractivity contribution in [2.24, 2.45) is 0 Å². The minimum atomic E-state index is -1.28. The highest BCUT2D eigenvalue weighted by Crippen LogP contribution is 2.08. The second kappa shape index (κ2) is 3.44. The van der Waals surface area contributed by atoms with Crippen molar-refractivity contribution >= 4 is 10.8 Å². The highest BCUT2D eigenvalue weighted by Gasteiger charge is 1.98. The van der Waals surface area contributed by atoms with Gasteiger partial charge in [-0.3, -0.25) is 0 Å². The molecule has 0 aromatic heterocycles. The molecule has 11 heavy (non-hydrogen) atoms. The van der Waals surface area contributed by atoms with Gasteiger partial charge in [0.15, 0.2) is 0 Å². The Morgan fingerprint density at radius 1 is 1.55 bits per heavy atom. The average Bonchev–Trinajstić information content (AvgIpc) is 2.03. The highest BCUT2D eigenvalue weighted by atomic mass is 32.2. The Bertz CT molecular complexity index is 296. The lowest BCUT2D eigenvalue weighted by molar-refractivity contribution is 0.623. The first kappa shape index (κ1) is 8.14. The molecule has 3 heteroatoms. The number of benzene rings is 1. The van der Waals surface area contributed by atoms with Gasteiger partial charge in [0.1, 0.15) is 5.82 Å². The van der Waals surface area contributed by atoms with Crippen LogP contribution in [0.2, 0.25) is 0 Å². The van der Waals surface area contributed by atoms with Gasteiger partial charge in [-0.15, -0.1) is 0 Å². The highest BCUT2D eigenvalue weighted by molar-refractivity contribution is 7.88. The molecule has 0 heterocycles. The lowest BCUT2D eigenvalue weighted by Gasteiger charge is -1.94. The van der Waals surface area contributed by atoms with Gasteiger partial charge in [-0.2, -0.15) is 0 Å². The quantitative estimate of drug-likeness (QED) is 0.664. The Labute approximate surface area is 67.0 Å². The summed E-state index contributed by atoms with van der Waals surface area (Å²) in [6.07, 6.45) is 0. The molecular weight excluding hydrogens is 163 g/mol. The Morgan fingerprint density at radius 3 is 2.82 bits per heavy atom. The molecule has 0 radical (unpaired) electrons. The van der Waals surface area contributed by atoms with E-state index >= 15 is 0 Å². The molecule has 0 saturated heterocycles. The molecular formula is C8H7FOS. The average molecular weight is 170 g/mol. The molecule has 1 nitrogen and oxygen atoms in total. The maximum atomic E-state index is 12.5. The van der Waals surface area contributed by atoms with Gasteiger partial charge in [-0.25, -0.2) is 8.60 Å². The summed E-state index contributed by atoms with van der Waals surface area (Å²) in [5, 5.41) is 1.27. The van der Waals surface area contributed by atoms with Gasteiger partial charge in [0.25, 0.3) is 0 Å². The van der Waals surface area contributed by atoms with Crippen LogP contribution in [0.5, 0.6) is 0 Å². The van der Waals surface area contributed by atoms with E-state index in [1.54, 1.807) is 6.07 Å². The van der Waals surface area contributed by atoms with Crippen molar-refractivity contribution in [3.63, 3.8) is 0 Å². The van der Waals surface area contributed by atoms with Crippen LogP contribution in [-0.2, 0) is 10.8 Å². The van der Waals surface area contributed by atoms with E-state index in [4.69, 9.17) is 0 Å². The first-order valence-corrected chi connectivity index (χ1v) is 4.24. The maximum Gasteiger partial charge on any atom is 0.124 e. The molecule has 1 atom stereocenters. The monoisotopic (exact) mass is 170 g/mol. The summed E-state index contributed by atoms with van der Waals surface area (Å²) in [5.74, 6) is -0.377. The fourth-order valence-electron chi connectivity index (χ4n) is 0.688.